The summed E-state index contributed by atoms with van der Waals surface area (Å²) in [6, 6.07) is 17.2. The lowest BCUT2D eigenvalue weighted by Crippen LogP contribution is -2.30. The van der Waals surface area contributed by atoms with E-state index in [1.165, 1.54) is 18.1 Å². The number of hydrogen-bond acceptors (Lipinski definition) is 5. The minimum absolute atomic E-state index is 0.0450. The number of H-pyrrole nitrogens is 1. The molecule has 5 rings (SSSR count). The number of aromatic amines is 1. The molecule has 1 atom stereocenters. The lowest BCUT2D eigenvalue weighted by Gasteiger charge is -2.25. The number of aromatic nitrogens is 2. The fourth-order valence-corrected chi connectivity index (χ4v) is 4.98. The van der Waals surface area contributed by atoms with E-state index in [0.717, 1.165) is 16.6 Å². The summed E-state index contributed by atoms with van der Waals surface area (Å²) in [6.07, 6.45) is 0. The van der Waals surface area contributed by atoms with Crippen molar-refractivity contribution in [3.05, 3.63) is 93.5 Å². The molecular weight excluding hydrogens is 502 g/mol. The summed E-state index contributed by atoms with van der Waals surface area (Å²) in [7, 11) is 1.49. The first-order chi connectivity index (χ1) is 18.0. The highest BCUT2D eigenvalue weighted by molar-refractivity contribution is 6.51. The molecule has 0 saturated carbocycles. The van der Waals surface area contributed by atoms with Gasteiger partial charge in [-0.05, 0) is 59.4 Å². The Labute approximate surface area is 225 Å². The predicted octanol–water partition coefficient (Wildman–Crippen LogP) is 6.46. The molecule has 2 N–H and O–H groups in total. The Morgan fingerprint density at radius 3 is 2.39 bits per heavy atom. The molecule has 3 aromatic carbocycles. The van der Waals surface area contributed by atoms with E-state index in [9.17, 15) is 14.7 Å². The molecule has 1 aromatic heterocycles. The summed E-state index contributed by atoms with van der Waals surface area (Å²) in [5.74, 6) is -1.27. The topological polar surface area (TPSA) is 95.5 Å². The summed E-state index contributed by atoms with van der Waals surface area (Å²) in [5.41, 5.74) is 4.36. The van der Waals surface area contributed by atoms with Crippen LogP contribution in [0.25, 0.3) is 16.8 Å². The molecule has 1 amide bonds. The van der Waals surface area contributed by atoms with E-state index in [0.29, 0.717) is 22.4 Å². The van der Waals surface area contributed by atoms with Gasteiger partial charge in [0.2, 0.25) is 5.95 Å². The second-order valence-electron chi connectivity index (χ2n) is 10.5. The molecule has 38 heavy (non-hydrogen) atoms. The third-order valence-corrected chi connectivity index (χ3v) is 7.11. The first-order valence-electron chi connectivity index (χ1n) is 12.2. The molecule has 4 aromatic rings. The number of aryl methyl sites for hydroxylation is 1. The Kier molecular flexibility index (Phi) is 6.27. The van der Waals surface area contributed by atoms with Gasteiger partial charge in [-0.3, -0.25) is 14.5 Å². The number of aliphatic hydroxyl groups is 1. The fraction of sp³-hybridized carbons (Fsp3) is 0.233. The number of imidazole rings is 1. The number of anilines is 1. The van der Waals surface area contributed by atoms with Crippen molar-refractivity contribution in [2.24, 2.45) is 0 Å². The normalized spacial score (nSPS) is 17.4. The maximum atomic E-state index is 13.5. The van der Waals surface area contributed by atoms with Crippen molar-refractivity contribution in [3.8, 4) is 5.75 Å². The standard InChI is InChI=1S/C30H28ClN3O4/c1-16-6-12-21-22(14-16)33-29(32-21)34-25(17-7-10-19(11-8-17)30(2,3)4)24(27(36)28(34)37)26(35)18-9-13-23(38-5)20(31)15-18/h6-15,25,35H,1-5H3,(H,32,33)/b26-24+. The number of ketones is 1. The van der Waals surface area contributed by atoms with Crippen LogP contribution in [0.3, 0.4) is 0 Å². The number of nitrogens with one attached hydrogen (secondary N) is 1. The maximum absolute atomic E-state index is 13.5. The lowest BCUT2D eigenvalue weighted by atomic mass is 9.85. The van der Waals surface area contributed by atoms with Crippen LogP contribution in [0.1, 0.15) is 49.1 Å². The number of nitrogens with zero attached hydrogens (tertiary/aromatic N) is 2. The number of ether oxygens (including phenoxy) is 1. The van der Waals surface area contributed by atoms with Gasteiger partial charge in [0.1, 0.15) is 11.5 Å². The van der Waals surface area contributed by atoms with E-state index >= 15 is 0 Å². The molecule has 1 fully saturated rings. The lowest BCUT2D eigenvalue weighted by molar-refractivity contribution is -0.132. The Morgan fingerprint density at radius 2 is 1.76 bits per heavy atom. The SMILES string of the molecule is COc1ccc(/C(O)=C2\C(=O)C(=O)N(c3nc4ccc(C)cc4[nH]3)C2c2ccc(C(C)(C)C)cc2)cc1Cl. The van der Waals surface area contributed by atoms with Gasteiger partial charge in [-0.2, -0.15) is 0 Å². The molecule has 1 unspecified atom stereocenters. The summed E-state index contributed by atoms with van der Waals surface area (Å²) in [4.78, 5) is 36.1. The van der Waals surface area contributed by atoms with Crippen molar-refractivity contribution in [2.45, 2.75) is 39.2 Å². The van der Waals surface area contributed by atoms with E-state index in [2.05, 4.69) is 30.7 Å². The highest BCUT2D eigenvalue weighted by Gasteiger charge is 2.48. The largest absolute Gasteiger partial charge is 0.507 e. The number of benzene rings is 3. The van der Waals surface area contributed by atoms with Gasteiger partial charge in [0.05, 0.1) is 34.8 Å². The second-order valence-corrected chi connectivity index (χ2v) is 10.9. The number of amides is 1. The summed E-state index contributed by atoms with van der Waals surface area (Å²) < 4.78 is 5.21. The fourth-order valence-electron chi connectivity index (χ4n) is 4.73. The molecule has 0 aliphatic carbocycles. The van der Waals surface area contributed by atoms with Gasteiger partial charge < -0.3 is 14.8 Å². The van der Waals surface area contributed by atoms with Gasteiger partial charge in [0, 0.05) is 5.56 Å². The van der Waals surface area contributed by atoms with Gasteiger partial charge in [0.25, 0.3) is 5.78 Å². The Bertz CT molecular complexity index is 1610. The van der Waals surface area contributed by atoms with Crippen LogP contribution in [0.15, 0.2) is 66.2 Å². The van der Waals surface area contributed by atoms with Crippen LogP contribution in [0.4, 0.5) is 5.95 Å². The van der Waals surface area contributed by atoms with E-state index in [1.54, 1.807) is 12.1 Å². The Hall–Kier alpha value is -4.10. The van der Waals surface area contributed by atoms with Crippen LogP contribution in [0.2, 0.25) is 5.02 Å². The zero-order valence-corrected chi connectivity index (χ0v) is 22.6. The minimum atomic E-state index is -0.911. The molecule has 2 heterocycles. The molecular formula is C30H28ClN3O4. The molecule has 1 aliphatic rings. The van der Waals surface area contributed by atoms with E-state index in [1.807, 2.05) is 49.4 Å². The van der Waals surface area contributed by atoms with Gasteiger partial charge in [0.15, 0.2) is 0 Å². The number of carbonyl (C=O) groups excluding carboxylic acids is 2. The van der Waals surface area contributed by atoms with Crippen LogP contribution in [0, 0.1) is 6.92 Å². The molecule has 1 aliphatic heterocycles. The molecule has 1 saturated heterocycles. The summed E-state index contributed by atoms with van der Waals surface area (Å²) >= 11 is 6.31. The van der Waals surface area contributed by atoms with Crippen molar-refractivity contribution in [2.75, 3.05) is 12.0 Å². The van der Waals surface area contributed by atoms with Gasteiger partial charge in [-0.25, -0.2) is 4.98 Å². The first-order valence-corrected chi connectivity index (χ1v) is 12.6. The van der Waals surface area contributed by atoms with Crippen LogP contribution in [-0.2, 0) is 15.0 Å². The van der Waals surface area contributed by atoms with Gasteiger partial charge in [-0.1, -0.05) is 62.7 Å². The van der Waals surface area contributed by atoms with E-state index in [4.69, 9.17) is 16.3 Å². The van der Waals surface area contributed by atoms with Crippen LogP contribution in [-0.4, -0.2) is 33.9 Å². The highest BCUT2D eigenvalue weighted by atomic mass is 35.5. The zero-order chi connectivity index (χ0) is 27.4. The summed E-state index contributed by atoms with van der Waals surface area (Å²) in [6.45, 7) is 8.29. The number of methoxy groups -OCH3 is 1. The van der Waals surface area contributed by atoms with Gasteiger partial charge in [-0.15, -0.1) is 0 Å². The van der Waals surface area contributed by atoms with Crippen molar-refractivity contribution >= 4 is 46.0 Å². The van der Waals surface area contributed by atoms with E-state index < -0.39 is 17.7 Å². The zero-order valence-electron chi connectivity index (χ0n) is 21.8. The second kappa shape index (κ2) is 9.33. The van der Waals surface area contributed by atoms with Gasteiger partial charge >= 0.3 is 5.91 Å². The Morgan fingerprint density at radius 1 is 1.05 bits per heavy atom. The monoisotopic (exact) mass is 529 g/mol. The molecule has 0 radical (unpaired) electrons. The molecule has 0 spiro atoms. The average Bonchev–Trinajstić information content (AvgIpc) is 3.40. The number of fused-ring (bicyclic) bond motifs is 1. The number of halogens is 1. The highest BCUT2D eigenvalue weighted by Crippen LogP contribution is 2.42. The number of Topliss-reactive ketones (excluding diaryl/α,β-unsaturated/α-hetero) is 1. The first kappa shape index (κ1) is 25.5. The number of aliphatic hydroxyl groups excluding tert-OH is 1. The maximum Gasteiger partial charge on any atom is 0.302 e. The molecule has 7 nitrogen and oxygen atoms in total. The van der Waals surface area contributed by atoms with Crippen molar-refractivity contribution in [3.63, 3.8) is 0 Å². The summed E-state index contributed by atoms with van der Waals surface area (Å²) in [5, 5.41) is 11.7. The predicted molar refractivity (Wildman–Crippen MR) is 149 cm³/mol. The smallest absolute Gasteiger partial charge is 0.302 e. The van der Waals surface area contributed by atoms with Crippen LogP contribution < -0.4 is 9.64 Å². The molecule has 194 valence electrons. The van der Waals surface area contributed by atoms with Crippen molar-refractivity contribution in [1.82, 2.24) is 9.97 Å². The Balaban J connectivity index is 1.71. The average molecular weight is 530 g/mol. The third-order valence-electron chi connectivity index (χ3n) is 6.82. The number of rotatable bonds is 4. The molecule has 8 heteroatoms. The number of hydrogen-bond donors (Lipinski definition) is 2. The quantitative estimate of drug-likeness (QED) is 0.180. The van der Waals surface area contributed by atoms with E-state index in [-0.39, 0.29) is 27.7 Å². The van der Waals surface area contributed by atoms with Crippen LogP contribution in [0.5, 0.6) is 5.75 Å². The van der Waals surface area contributed by atoms with Crippen LogP contribution >= 0.6 is 11.6 Å². The third kappa shape index (κ3) is 4.33. The molecule has 0 bridgehead atoms. The number of carbonyl (C=O) groups is 2. The van der Waals surface area contributed by atoms with Crippen molar-refractivity contribution < 1.29 is 19.4 Å². The van der Waals surface area contributed by atoms with Crippen molar-refractivity contribution in [1.29, 1.82) is 0 Å². The minimum Gasteiger partial charge on any atom is -0.507 e.